The third-order valence-electron chi connectivity index (χ3n) is 2.34. The predicted molar refractivity (Wildman–Crippen MR) is 70.4 cm³/mol. The van der Waals surface area contributed by atoms with E-state index in [9.17, 15) is 10.1 Å². The Morgan fingerprint density at radius 1 is 1.33 bits per heavy atom. The van der Waals surface area contributed by atoms with Gasteiger partial charge in [-0.15, -0.1) is 0 Å². The van der Waals surface area contributed by atoms with E-state index >= 15 is 0 Å². The maximum absolute atomic E-state index is 11.0. The van der Waals surface area contributed by atoms with E-state index in [1.165, 1.54) is 6.20 Å². The Balaban J connectivity index is 2.50. The van der Waals surface area contributed by atoms with Crippen molar-refractivity contribution >= 4 is 36.2 Å². The number of hydrogen-bond donors (Lipinski definition) is 2. The van der Waals surface area contributed by atoms with Crippen LogP contribution in [-0.4, -0.2) is 17.8 Å². The van der Waals surface area contributed by atoms with Crippen molar-refractivity contribution in [2.24, 2.45) is 0 Å². The van der Waals surface area contributed by atoms with Crippen molar-refractivity contribution in [3.05, 3.63) is 46.6 Å². The number of aromatic nitrogens is 1. The summed E-state index contributed by atoms with van der Waals surface area (Å²) in [7, 11) is 5.69. The standard InChI is InChI=1S/C11H9BN4O2/c12-8-6-14-11(13)10(16(17)18)9(8)15-7-4-2-1-3-5-7/h1-6H,(H3,13,14,15). The maximum atomic E-state index is 11.0. The fourth-order valence-corrected chi connectivity index (χ4v) is 1.51. The van der Waals surface area contributed by atoms with E-state index in [1.807, 2.05) is 6.07 Å². The van der Waals surface area contributed by atoms with E-state index in [-0.39, 0.29) is 22.7 Å². The van der Waals surface area contributed by atoms with Crippen LogP contribution in [0.2, 0.25) is 0 Å². The van der Waals surface area contributed by atoms with Crippen LogP contribution in [0.1, 0.15) is 0 Å². The van der Waals surface area contributed by atoms with Crippen LogP contribution in [0.5, 0.6) is 0 Å². The fraction of sp³-hybridized carbons (Fsp3) is 0. The molecule has 1 heterocycles. The largest absolute Gasteiger partial charge is 0.378 e. The smallest absolute Gasteiger partial charge is 0.333 e. The van der Waals surface area contributed by atoms with Crippen molar-refractivity contribution in [3.8, 4) is 0 Å². The summed E-state index contributed by atoms with van der Waals surface area (Å²) in [6.45, 7) is 0. The summed E-state index contributed by atoms with van der Waals surface area (Å²) in [6.07, 6.45) is 1.29. The average molecular weight is 240 g/mol. The van der Waals surface area contributed by atoms with Crippen LogP contribution in [0.15, 0.2) is 36.5 Å². The minimum Gasteiger partial charge on any atom is -0.378 e. The van der Waals surface area contributed by atoms with E-state index in [1.54, 1.807) is 24.3 Å². The lowest BCUT2D eigenvalue weighted by molar-refractivity contribution is -0.383. The molecule has 0 saturated heterocycles. The fourth-order valence-electron chi connectivity index (χ4n) is 1.51. The molecule has 0 spiro atoms. The lowest BCUT2D eigenvalue weighted by atomic mass is 9.95. The highest BCUT2D eigenvalue weighted by molar-refractivity contribution is 6.36. The summed E-state index contributed by atoms with van der Waals surface area (Å²) in [4.78, 5) is 14.0. The van der Waals surface area contributed by atoms with Crippen molar-refractivity contribution < 1.29 is 4.92 Å². The van der Waals surface area contributed by atoms with E-state index in [0.717, 1.165) is 0 Å². The van der Waals surface area contributed by atoms with Gasteiger partial charge in [-0.1, -0.05) is 18.2 Å². The Bertz CT molecular complexity index is 589. The molecule has 0 aliphatic heterocycles. The summed E-state index contributed by atoms with van der Waals surface area (Å²) in [5.74, 6) is -0.173. The summed E-state index contributed by atoms with van der Waals surface area (Å²) < 4.78 is 0. The number of rotatable bonds is 3. The number of anilines is 3. The van der Waals surface area contributed by atoms with E-state index in [2.05, 4.69) is 10.3 Å². The average Bonchev–Trinajstić information content (AvgIpc) is 2.35. The number of hydrogen-bond acceptors (Lipinski definition) is 5. The highest BCUT2D eigenvalue weighted by Crippen LogP contribution is 2.29. The second-order valence-electron chi connectivity index (χ2n) is 3.57. The Kier molecular flexibility index (Phi) is 3.14. The molecule has 88 valence electrons. The van der Waals surface area contributed by atoms with Crippen LogP contribution in [0.4, 0.5) is 22.9 Å². The van der Waals surface area contributed by atoms with Crippen LogP contribution in [-0.2, 0) is 0 Å². The summed E-state index contributed by atoms with van der Waals surface area (Å²) >= 11 is 0. The molecule has 2 radical (unpaired) electrons. The van der Waals surface area contributed by atoms with Crippen molar-refractivity contribution in [2.45, 2.75) is 0 Å². The van der Waals surface area contributed by atoms with Gasteiger partial charge >= 0.3 is 5.69 Å². The molecule has 6 nitrogen and oxygen atoms in total. The van der Waals surface area contributed by atoms with Crippen molar-refractivity contribution in [1.82, 2.24) is 4.98 Å². The highest BCUT2D eigenvalue weighted by Gasteiger charge is 2.21. The third kappa shape index (κ3) is 2.24. The van der Waals surface area contributed by atoms with Gasteiger partial charge in [0, 0.05) is 11.9 Å². The molecule has 7 heteroatoms. The molecule has 1 aromatic carbocycles. The van der Waals surface area contributed by atoms with Crippen molar-refractivity contribution in [3.63, 3.8) is 0 Å². The molecular weight excluding hydrogens is 231 g/mol. The Hall–Kier alpha value is -2.57. The number of nitrogens with two attached hydrogens (primary N) is 1. The third-order valence-corrected chi connectivity index (χ3v) is 2.34. The van der Waals surface area contributed by atoms with Gasteiger partial charge in [-0.05, 0) is 17.6 Å². The Morgan fingerprint density at radius 3 is 2.61 bits per heavy atom. The van der Waals surface area contributed by atoms with Gasteiger partial charge in [0.05, 0.1) is 4.92 Å². The minimum atomic E-state index is -0.607. The maximum Gasteiger partial charge on any atom is 0.333 e. The number of nitrogens with one attached hydrogen (secondary N) is 1. The van der Waals surface area contributed by atoms with Gasteiger partial charge in [0.25, 0.3) is 0 Å². The molecule has 2 rings (SSSR count). The SMILES string of the molecule is [B]c1cnc(N)c([N+](=O)[O-])c1Nc1ccccc1. The lowest BCUT2D eigenvalue weighted by Crippen LogP contribution is -2.15. The zero-order chi connectivity index (χ0) is 13.1. The molecule has 0 amide bonds. The molecule has 0 fully saturated rings. The molecule has 0 unspecified atom stereocenters. The monoisotopic (exact) mass is 240 g/mol. The second kappa shape index (κ2) is 4.74. The first kappa shape index (κ1) is 11.9. The molecule has 2 aromatic rings. The van der Waals surface area contributed by atoms with E-state index in [4.69, 9.17) is 13.6 Å². The van der Waals surface area contributed by atoms with E-state index in [0.29, 0.717) is 5.69 Å². The van der Waals surface area contributed by atoms with Crippen LogP contribution in [0.3, 0.4) is 0 Å². The Labute approximate surface area is 104 Å². The molecular formula is C11H9BN4O2. The second-order valence-corrected chi connectivity index (χ2v) is 3.57. The number of nitrogen functional groups attached to an aromatic ring is 1. The quantitative estimate of drug-likeness (QED) is 0.476. The normalized spacial score (nSPS) is 10.0. The number of nitro groups is 1. The number of benzene rings is 1. The summed E-state index contributed by atoms with van der Waals surface area (Å²) in [5, 5.41) is 13.9. The van der Waals surface area contributed by atoms with E-state index < -0.39 is 4.92 Å². The lowest BCUT2D eigenvalue weighted by Gasteiger charge is -2.10. The van der Waals surface area contributed by atoms with Gasteiger partial charge in [-0.3, -0.25) is 10.1 Å². The molecule has 0 aliphatic rings. The summed E-state index contributed by atoms with van der Waals surface area (Å²) in [6, 6.07) is 8.97. The van der Waals surface area contributed by atoms with Gasteiger partial charge in [0.15, 0.2) is 0 Å². The van der Waals surface area contributed by atoms with Gasteiger partial charge in [-0.2, -0.15) is 0 Å². The van der Waals surface area contributed by atoms with Gasteiger partial charge < -0.3 is 11.1 Å². The van der Waals surface area contributed by atoms with Crippen LogP contribution in [0.25, 0.3) is 0 Å². The molecule has 18 heavy (non-hydrogen) atoms. The zero-order valence-electron chi connectivity index (χ0n) is 9.33. The van der Waals surface area contributed by atoms with Crippen molar-refractivity contribution in [1.29, 1.82) is 0 Å². The molecule has 1 aromatic heterocycles. The number of pyridine rings is 1. The molecule has 3 N–H and O–H groups in total. The minimum absolute atomic E-state index is 0.152. The van der Waals surface area contributed by atoms with Gasteiger partial charge in [-0.25, -0.2) is 4.98 Å². The molecule has 0 atom stereocenters. The van der Waals surface area contributed by atoms with Gasteiger partial charge in [0.1, 0.15) is 13.5 Å². The number of nitrogens with zero attached hydrogens (tertiary/aromatic N) is 2. The predicted octanol–water partition coefficient (Wildman–Crippen LogP) is 1.11. The number of para-hydroxylation sites is 1. The van der Waals surface area contributed by atoms with Crippen molar-refractivity contribution in [2.75, 3.05) is 11.1 Å². The molecule has 0 aliphatic carbocycles. The zero-order valence-corrected chi connectivity index (χ0v) is 9.33. The first-order chi connectivity index (χ1) is 8.59. The molecule has 0 bridgehead atoms. The van der Waals surface area contributed by atoms with Crippen LogP contribution >= 0.6 is 0 Å². The van der Waals surface area contributed by atoms with Crippen LogP contribution < -0.4 is 16.5 Å². The first-order valence-corrected chi connectivity index (χ1v) is 5.10. The van der Waals surface area contributed by atoms with Crippen LogP contribution in [0, 0.1) is 10.1 Å². The highest BCUT2D eigenvalue weighted by atomic mass is 16.6. The first-order valence-electron chi connectivity index (χ1n) is 5.10. The summed E-state index contributed by atoms with van der Waals surface area (Å²) in [5.41, 5.74) is 6.17. The Morgan fingerprint density at radius 2 is 2.00 bits per heavy atom. The molecule has 0 saturated carbocycles. The van der Waals surface area contributed by atoms with Gasteiger partial charge in [0.2, 0.25) is 5.82 Å². The topological polar surface area (TPSA) is 94.1 Å².